The highest BCUT2D eigenvalue weighted by Crippen LogP contribution is 2.14. The molecule has 0 radical (unpaired) electrons. The van der Waals surface area contributed by atoms with E-state index in [9.17, 15) is 5.11 Å². The molecular formula is C22H28IN5O. The number of para-hydroxylation sites is 1. The third-order valence-electron chi connectivity index (χ3n) is 4.30. The Kier molecular flexibility index (Phi) is 9.66. The Labute approximate surface area is 189 Å². The fourth-order valence-electron chi connectivity index (χ4n) is 2.84. The van der Waals surface area contributed by atoms with Gasteiger partial charge in [-0.25, -0.2) is 9.67 Å². The Bertz CT molecular complexity index is 867. The van der Waals surface area contributed by atoms with Crippen molar-refractivity contribution in [2.24, 2.45) is 4.99 Å². The number of rotatable bonds is 8. The van der Waals surface area contributed by atoms with Crippen molar-refractivity contribution in [3.63, 3.8) is 0 Å². The normalized spacial score (nSPS) is 12.1. The molecule has 3 aromatic rings. The standard InChI is InChI=1S/C22H27N5O.HI/c1-2-23-22(24-15-13-21(28)18-9-5-3-6-10-18)25-17-19-14-16-27(26-19)20-11-7-4-8-12-20;/h3-12,14,16,21,28H,2,13,15,17H2,1H3,(H2,23,24,25);1H. The SMILES string of the molecule is CCNC(=NCc1ccn(-c2ccccc2)n1)NCCC(O)c1ccccc1.I. The zero-order valence-corrected chi connectivity index (χ0v) is 18.9. The summed E-state index contributed by atoms with van der Waals surface area (Å²) in [5.74, 6) is 0.719. The van der Waals surface area contributed by atoms with Crippen molar-refractivity contribution >= 4 is 29.9 Å². The van der Waals surface area contributed by atoms with Crippen LogP contribution < -0.4 is 10.6 Å². The number of guanidine groups is 1. The minimum Gasteiger partial charge on any atom is -0.388 e. The van der Waals surface area contributed by atoms with Gasteiger partial charge in [0.2, 0.25) is 0 Å². The van der Waals surface area contributed by atoms with Crippen molar-refractivity contribution in [3.05, 3.63) is 84.2 Å². The van der Waals surface area contributed by atoms with Crippen LogP contribution >= 0.6 is 24.0 Å². The van der Waals surface area contributed by atoms with Gasteiger partial charge in [0.15, 0.2) is 5.96 Å². The van der Waals surface area contributed by atoms with Gasteiger partial charge in [-0.15, -0.1) is 24.0 Å². The van der Waals surface area contributed by atoms with E-state index in [1.807, 2.05) is 84.5 Å². The van der Waals surface area contributed by atoms with Gasteiger partial charge in [-0.05, 0) is 37.1 Å². The fourth-order valence-corrected chi connectivity index (χ4v) is 2.84. The van der Waals surface area contributed by atoms with Crippen LogP contribution in [-0.4, -0.2) is 33.9 Å². The molecule has 1 heterocycles. The Morgan fingerprint density at radius 2 is 1.72 bits per heavy atom. The second kappa shape index (κ2) is 12.2. The molecule has 29 heavy (non-hydrogen) atoms. The van der Waals surface area contributed by atoms with Crippen LogP contribution in [0.5, 0.6) is 0 Å². The first-order valence-corrected chi connectivity index (χ1v) is 9.61. The van der Waals surface area contributed by atoms with E-state index < -0.39 is 6.10 Å². The molecule has 0 saturated carbocycles. The van der Waals surface area contributed by atoms with Crippen molar-refractivity contribution in [1.29, 1.82) is 0 Å². The highest BCUT2D eigenvalue weighted by atomic mass is 127. The fraction of sp³-hybridized carbons (Fsp3) is 0.273. The predicted molar refractivity (Wildman–Crippen MR) is 128 cm³/mol. The summed E-state index contributed by atoms with van der Waals surface area (Å²) >= 11 is 0. The second-order valence-corrected chi connectivity index (χ2v) is 6.42. The molecule has 0 aliphatic carbocycles. The van der Waals surface area contributed by atoms with Crippen molar-refractivity contribution in [2.45, 2.75) is 26.0 Å². The molecule has 1 unspecified atom stereocenters. The van der Waals surface area contributed by atoms with Gasteiger partial charge >= 0.3 is 0 Å². The molecule has 3 N–H and O–H groups in total. The van der Waals surface area contributed by atoms with Gasteiger partial charge in [0.05, 0.1) is 24.0 Å². The number of benzene rings is 2. The molecule has 7 heteroatoms. The third kappa shape index (κ3) is 7.17. The third-order valence-corrected chi connectivity index (χ3v) is 4.30. The first-order chi connectivity index (χ1) is 13.8. The monoisotopic (exact) mass is 505 g/mol. The second-order valence-electron chi connectivity index (χ2n) is 6.42. The van der Waals surface area contributed by atoms with Gasteiger partial charge in [0.25, 0.3) is 0 Å². The first-order valence-electron chi connectivity index (χ1n) is 9.61. The van der Waals surface area contributed by atoms with Crippen LogP contribution in [-0.2, 0) is 6.54 Å². The molecular weight excluding hydrogens is 477 g/mol. The number of aliphatic imine (C=N–C) groups is 1. The van der Waals surface area contributed by atoms with E-state index in [1.54, 1.807) is 0 Å². The van der Waals surface area contributed by atoms with Crippen molar-refractivity contribution in [1.82, 2.24) is 20.4 Å². The molecule has 0 aliphatic heterocycles. The van der Waals surface area contributed by atoms with E-state index in [0.29, 0.717) is 19.5 Å². The number of aromatic nitrogens is 2. The summed E-state index contributed by atoms with van der Waals surface area (Å²) in [7, 11) is 0. The van der Waals surface area contributed by atoms with Gasteiger partial charge in [-0.1, -0.05) is 48.5 Å². The molecule has 154 valence electrons. The highest BCUT2D eigenvalue weighted by molar-refractivity contribution is 14.0. The average Bonchev–Trinajstić information content (AvgIpc) is 3.22. The van der Waals surface area contributed by atoms with Crippen LogP contribution in [0.25, 0.3) is 5.69 Å². The van der Waals surface area contributed by atoms with Crippen LogP contribution in [0.1, 0.15) is 30.7 Å². The Hall–Kier alpha value is -2.39. The van der Waals surface area contributed by atoms with Crippen LogP contribution in [0.2, 0.25) is 0 Å². The van der Waals surface area contributed by atoms with Crippen molar-refractivity contribution < 1.29 is 5.11 Å². The van der Waals surface area contributed by atoms with Crippen molar-refractivity contribution in [3.8, 4) is 5.69 Å². The number of hydrogen-bond donors (Lipinski definition) is 3. The maximum Gasteiger partial charge on any atom is 0.191 e. The summed E-state index contributed by atoms with van der Waals surface area (Å²) in [6, 6.07) is 21.7. The molecule has 0 aliphatic rings. The lowest BCUT2D eigenvalue weighted by atomic mass is 10.1. The van der Waals surface area contributed by atoms with Crippen LogP contribution in [0.4, 0.5) is 0 Å². The molecule has 0 fully saturated rings. The molecule has 3 rings (SSSR count). The van der Waals surface area contributed by atoms with E-state index in [0.717, 1.165) is 29.4 Å². The summed E-state index contributed by atoms with van der Waals surface area (Å²) in [6.45, 7) is 3.91. The lowest BCUT2D eigenvalue weighted by molar-refractivity contribution is 0.168. The smallest absolute Gasteiger partial charge is 0.191 e. The summed E-state index contributed by atoms with van der Waals surface area (Å²) in [6.07, 6.45) is 2.06. The summed E-state index contributed by atoms with van der Waals surface area (Å²) in [5, 5.41) is 21.3. The van der Waals surface area contributed by atoms with E-state index in [1.165, 1.54) is 0 Å². The van der Waals surface area contributed by atoms with Gasteiger partial charge in [-0.2, -0.15) is 5.10 Å². The predicted octanol–water partition coefficient (Wildman–Crippen LogP) is 3.67. The number of nitrogens with one attached hydrogen (secondary N) is 2. The lowest BCUT2D eigenvalue weighted by Gasteiger charge is -2.14. The molecule has 0 saturated heterocycles. The number of hydrogen-bond acceptors (Lipinski definition) is 3. The number of nitrogens with zero attached hydrogens (tertiary/aromatic N) is 3. The van der Waals surface area contributed by atoms with Gasteiger partial charge in [-0.3, -0.25) is 0 Å². The maximum atomic E-state index is 10.3. The Morgan fingerprint density at radius 3 is 2.41 bits per heavy atom. The largest absolute Gasteiger partial charge is 0.388 e. The number of aliphatic hydroxyl groups excluding tert-OH is 1. The molecule has 0 bridgehead atoms. The number of halogens is 1. The molecule has 2 aromatic carbocycles. The van der Waals surface area contributed by atoms with Crippen LogP contribution in [0, 0.1) is 0 Å². The van der Waals surface area contributed by atoms with Gasteiger partial charge in [0.1, 0.15) is 0 Å². The van der Waals surface area contributed by atoms with E-state index in [-0.39, 0.29) is 24.0 Å². The minimum atomic E-state index is -0.488. The molecule has 1 aromatic heterocycles. The zero-order valence-electron chi connectivity index (χ0n) is 16.5. The van der Waals surface area contributed by atoms with Gasteiger partial charge < -0.3 is 15.7 Å². The minimum absolute atomic E-state index is 0. The van der Waals surface area contributed by atoms with E-state index in [4.69, 9.17) is 0 Å². The van der Waals surface area contributed by atoms with Crippen LogP contribution in [0.3, 0.4) is 0 Å². The lowest BCUT2D eigenvalue weighted by Crippen LogP contribution is -2.38. The summed E-state index contributed by atoms with van der Waals surface area (Å²) < 4.78 is 1.85. The highest BCUT2D eigenvalue weighted by Gasteiger charge is 2.07. The number of aliphatic hydroxyl groups is 1. The molecule has 0 spiro atoms. The summed E-state index contributed by atoms with van der Waals surface area (Å²) in [5.41, 5.74) is 2.85. The zero-order chi connectivity index (χ0) is 19.6. The topological polar surface area (TPSA) is 74.5 Å². The molecule has 1 atom stereocenters. The van der Waals surface area contributed by atoms with E-state index in [2.05, 4.69) is 20.7 Å². The maximum absolute atomic E-state index is 10.3. The molecule has 6 nitrogen and oxygen atoms in total. The van der Waals surface area contributed by atoms with Crippen LogP contribution in [0.15, 0.2) is 77.9 Å². The molecule has 0 amide bonds. The Morgan fingerprint density at radius 1 is 1.03 bits per heavy atom. The average molecular weight is 505 g/mol. The first kappa shape index (κ1) is 22.9. The quantitative estimate of drug-likeness (QED) is 0.248. The van der Waals surface area contributed by atoms with E-state index >= 15 is 0 Å². The summed E-state index contributed by atoms with van der Waals surface area (Å²) in [4.78, 5) is 4.60. The Balaban J connectivity index is 0.00000300. The van der Waals surface area contributed by atoms with Gasteiger partial charge in [0, 0.05) is 19.3 Å². The van der Waals surface area contributed by atoms with Crippen molar-refractivity contribution in [2.75, 3.05) is 13.1 Å².